The van der Waals surface area contributed by atoms with Crippen LogP contribution in [0.15, 0.2) is 42.7 Å². The highest BCUT2D eigenvalue weighted by molar-refractivity contribution is 6.33. The van der Waals surface area contributed by atoms with Gasteiger partial charge in [0.2, 0.25) is 0 Å². The fourth-order valence-electron chi connectivity index (χ4n) is 2.13. The van der Waals surface area contributed by atoms with E-state index in [2.05, 4.69) is 21.2 Å². The summed E-state index contributed by atoms with van der Waals surface area (Å²) in [6.45, 7) is 0. The summed E-state index contributed by atoms with van der Waals surface area (Å²) in [6, 6.07) is 10.00. The molecule has 0 amide bonds. The number of fused-ring (bicyclic) bond motifs is 1. The molecule has 112 valence electrons. The van der Waals surface area contributed by atoms with Gasteiger partial charge in [0.25, 0.3) is 5.69 Å². The summed E-state index contributed by atoms with van der Waals surface area (Å²) in [5, 5.41) is 14.7. The SMILES string of the molecule is C#Cc1cccc(Nc2ncnc3cc(Cl)c([N+](=O)[O-])cc23)c1. The van der Waals surface area contributed by atoms with Crippen molar-refractivity contribution in [2.75, 3.05) is 5.32 Å². The predicted octanol–water partition coefficient (Wildman–Crippen LogP) is 3.92. The number of nitrogens with one attached hydrogen (secondary N) is 1. The first kappa shape index (κ1) is 14.8. The van der Waals surface area contributed by atoms with E-state index in [9.17, 15) is 10.1 Å². The molecule has 1 aromatic heterocycles. The third-order valence-corrected chi connectivity index (χ3v) is 3.50. The molecule has 0 bridgehead atoms. The average Bonchev–Trinajstić information content (AvgIpc) is 2.54. The predicted molar refractivity (Wildman–Crippen MR) is 88.9 cm³/mol. The monoisotopic (exact) mass is 324 g/mol. The van der Waals surface area contributed by atoms with E-state index in [0.29, 0.717) is 22.3 Å². The zero-order valence-corrected chi connectivity index (χ0v) is 12.4. The minimum atomic E-state index is -0.544. The lowest BCUT2D eigenvalue weighted by atomic mass is 10.2. The summed E-state index contributed by atoms with van der Waals surface area (Å²) < 4.78 is 0. The zero-order valence-electron chi connectivity index (χ0n) is 11.7. The maximum absolute atomic E-state index is 11.1. The smallest absolute Gasteiger partial charge is 0.288 e. The van der Waals surface area contributed by atoms with Crippen molar-refractivity contribution >= 4 is 39.7 Å². The Morgan fingerprint density at radius 1 is 1.26 bits per heavy atom. The van der Waals surface area contributed by atoms with Gasteiger partial charge < -0.3 is 5.32 Å². The van der Waals surface area contributed by atoms with Crippen LogP contribution in [0.3, 0.4) is 0 Å². The van der Waals surface area contributed by atoms with E-state index >= 15 is 0 Å². The second-order valence-corrected chi connectivity index (χ2v) is 5.06. The molecule has 23 heavy (non-hydrogen) atoms. The van der Waals surface area contributed by atoms with E-state index < -0.39 is 4.92 Å². The highest BCUT2D eigenvalue weighted by Crippen LogP contribution is 2.32. The standard InChI is InChI=1S/C16H9ClN4O2/c1-2-10-4-3-5-11(6-10)20-16-12-7-15(21(22)23)13(17)8-14(12)18-9-19-16/h1,3-9H,(H,18,19,20). The first-order chi connectivity index (χ1) is 11.1. The number of rotatable bonds is 3. The molecule has 0 atom stereocenters. The van der Waals surface area contributed by atoms with Gasteiger partial charge in [-0.3, -0.25) is 10.1 Å². The van der Waals surface area contributed by atoms with Crippen molar-refractivity contribution in [3.63, 3.8) is 0 Å². The Hall–Kier alpha value is -3.17. The van der Waals surface area contributed by atoms with Gasteiger partial charge in [-0.05, 0) is 24.3 Å². The van der Waals surface area contributed by atoms with Gasteiger partial charge in [0.05, 0.1) is 10.4 Å². The maximum atomic E-state index is 11.1. The molecule has 3 aromatic rings. The topological polar surface area (TPSA) is 81.0 Å². The van der Waals surface area contributed by atoms with Crippen LogP contribution in [0.1, 0.15) is 5.56 Å². The summed E-state index contributed by atoms with van der Waals surface area (Å²) in [7, 11) is 0. The van der Waals surface area contributed by atoms with Crippen molar-refractivity contribution in [2.45, 2.75) is 0 Å². The van der Waals surface area contributed by atoms with E-state index in [4.69, 9.17) is 18.0 Å². The molecule has 1 N–H and O–H groups in total. The number of nitrogens with zero attached hydrogens (tertiary/aromatic N) is 3. The molecule has 0 spiro atoms. The molecule has 3 rings (SSSR count). The van der Waals surface area contributed by atoms with Crippen LogP contribution in [0.5, 0.6) is 0 Å². The number of halogens is 1. The minimum absolute atomic E-state index is 0.0291. The highest BCUT2D eigenvalue weighted by atomic mass is 35.5. The summed E-state index contributed by atoms with van der Waals surface area (Å²) in [6.07, 6.45) is 6.74. The molecule has 0 aliphatic heterocycles. The van der Waals surface area contributed by atoms with Crippen LogP contribution in [0.4, 0.5) is 17.2 Å². The number of anilines is 2. The normalized spacial score (nSPS) is 10.3. The Labute approximate surface area is 136 Å². The van der Waals surface area contributed by atoms with E-state index in [-0.39, 0.29) is 10.7 Å². The Kier molecular flexibility index (Phi) is 3.79. The fourth-order valence-corrected chi connectivity index (χ4v) is 2.36. The van der Waals surface area contributed by atoms with Crippen LogP contribution in [0.25, 0.3) is 10.9 Å². The van der Waals surface area contributed by atoms with Crippen molar-refractivity contribution in [3.05, 3.63) is 63.4 Å². The van der Waals surface area contributed by atoms with E-state index in [1.807, 2.05) is 6.07 Å². The molecule has 0 aliphatic rings. The molecule has 0 fully saturated rings. The first-order valence-corrected chi connectivity index (χ1v) is 6.88. The van der Waals surface area contributed by atoms with Crippen LogP contribution in [0, 0.1) is 22.5 Å². The van der Waals surface area contributed by atoms with Crippen LogP contribution in [-0.2, 0) is 0 Å². The number of aromatic nitrogens is 2. The van der Waals surface area contributed by atoms with Crippen LogP contribution < -0.4 is 5.32 Å². The molecule has 0 aliphatic carbocycles. The lowest BCUT2D eigenvalue weighted by Crippen LogP contribution is -1.98. The van der Waals surface area contributed by atoms with E-state index in [1.54, 1.807) is 18.2 Å². The molecular weight excluding hydrogens is 316 g/mol. The lowest BCUT2D eigenvalue weighted by Gasteiger charge is -2.09. The van der Waals surface area contributed by atoms with Crippen LogP contribution >= 0.6 is 11.6 Å². The molecule has 0 unspecified atom stereocenters. The number of nitro benzene ring substituents is 1. The van der Waals surface area contributed by atoms with Gasteiger partial charge in [0.15, 0.2) is 0 Å². The number of hydrogen-bond donors (Lipinski definition) is 1. The van der Waals surface area contributed by atoms with E-state index in [0.717, 1.165) is 5.69 Å². The summed E-state index contributed by atoms with van der Waals surface area (Å²) in [4.78, 5) is 18.7. The van der Waals surface area contributed by atoms with Gasteiger partial charge in [-0.2, -0.15) is 0 Å². The van der Waals surface area contributed by atoms with Crippen molar-refractivity contribution in [2.24, 2.45) is 0 Å². The Morgan fingerprint density at radius 3 is 2.83 bits per heavy atom. The summed E-state index contributed by atoms with van der Waals surface area (Å²) in [5.74, 6) is 2.98. The molecule has 7 heteroatoms. The average molecular weight is 325 g/mol. The Morgan fingerprint density at radius 2 is 2.09 bits per heavy atom. The third-order valence-electron chi connectivity index (χ3n) is 3.19. The molecule has 1 heterocycles. The number of nitro groups is 1. The summed E-state index contributed by atoms with van der Waals surface area (Å²) in [5.41, 5.74) is 1.74. The highest BCUT2D eigenvalue weighted by Gasteiger charge is 2.16. The summed E-state index contributed by atoms with van der Waals surface area (Å²) >= 11 is 5.91. The molecule has 2 aromatic carbocycles. The van der Waals surface area contributed by atoms with Crippen LogP contribution in [-0.4, -0.2) is 14.9 Å². The van der Waals surface area contributed by atoms with Gasteiger partial charge in [0.1, 0.15) is 17.2 Å². The van der Waals surface area contributed by atoms with Crippen molar-refractivity contribution < 1.29 is 4.92 Å². The number of terminal acetylenes is 1. The van der Waals surface area contributed by atoms with E-state index in [1.165, 1.54) is 18.5 Å². The largest absolute Gasteiger partial charge is 0.340 e. The third kappa shape index (κ3) is 2.91. The van der Waals surface area contributed by atoms with Crippen molar-refractivity contribution in [1.29, 1.82) is 0 Å². The van der Waals surface area contributed by atoms with Gasteiger partial charge in [-0.25, -0.2) is 9.97 Å². The van der Waals surface area contributed by atoms with Gasteiger partial charge in [-0.15, -0.1) is 6.42 Å². The second kappa shape index (κ2) is 5.91. The number of hydrogen-bond acceptors (Lipinski definition) is 5. The number of benzene rings is 2. The first-order valence-electron chi connectivity index (χ1n) is 6.51. The lowest BCUT2D eigenvalue weighted by molar-refractivity contribution is -0.384. The quantitative estimate of drug-likeness (QED) is 0.448. The Balaban J connectivity index is 2.12. The van der Waals surface area contributed by atoms with Crippen molar-refractivity contribution in [3.8, 4) is 12.3 Å². The molecule has 0 radical (unpaired) electrons. The molecular formula is C16H9ClN4O2. The van der Waals surface area contributed by atoms with Gasteiger partial charge >= 0.3 is 0 Å². The van der Waals surface area contributed by atoms with Gasteiger partial charge in [-0.1, -0.05) is 23.6 Å². The second-order valence-electron chi connectivity index (χ2n) is 4.65. The zero-order chi connectivity index (χ0) is 16.4. The maximum Gasteiger partial charge on any atom is 0.288 e. The minimum Gasteiger partial charge on any atom is -0.340 e. The van der Waals surface area contributed by atoms with Crippen LogP contribution in [0.2, 0.25) is 5.02 Å². The van der Waals surface area contributed by atoms with Gasteiger partial charge in [0, 0.05) is 22.7 Å². The Bertz CT molecular complexity index is 966. The molecule has 0 saturated carbocycles. The molecule has 0 saturated heterocycles. The van der Waals surface area contributed by atoms with Crippen molar-refractivity contribution in [1.82, 2.24) is 9.97 Å². The molecule has 6 nitrogen and oxygen atoms in total. The fraction of sp³-hybridized carbons (Fsp3) is 0.